The molecule has 0 heterocycles. The Hall–Kier alpha value is -1.27. The van der Waals surface area contributed by atoms with Crippen LogP contribution in [-0.2, 0) is 0 Å². The average molecular weight is 369 g/mol. The van der Waals surface area contributed by atoms with E-state index in [4.69, 9.17) is 15.2 Å². The summed E-state index contributed by atoms with van der Waals surface area (Å²) in [5.41, 5.74) is 8.36. The molecule has 1 atom stereocenters. The largest absolute Gasteiger partial charge is 0.497 e. The van der Waals surface area contributed by atoms with Gasteiger partial charge in [0.05, 0.1) is 20.3 Å². The maximum atomic E-state index is 6.32. The lowest BCUT2D eigenvalue weighted by Crippen LogP contribution is -2.12. The van der Waals surface area contributed by atoms with E-state index in [1.54, 1.807) is 14.2 Å². The molecule has 4 heteroatoms. The van der Waals surface area contributed by atoms with Gasteiger partial charge in [-0.1, -0.05) is 12.1 Å². The molecule has 0 aliphatic heterocycles. The first-order valence-electron chi connectivity index (χ1n) is 5.88. The highest BCUT2D eigenvalue weighted by Gasteiger charge is 2.12. The Morgan fingerprint density at radius 1 is 0.947 bits per heavy atom. The fourth-order valence-electron chi connectivity index (χ4n) is 1.90. The van der Waals surface area contributed by atoms with Crippen LogP contribution >= 0.6 is 22.6 Å². The third-order valence-corrected chi connectivity index (χ3v) is 3.61. The van der Waals surface area contributed by atoms with E-state index in [1.165, 1.54) is 3.57 Å². The van der Waals surface area contributed by atoms with Crippen molar-refractivity contribution in [2.75, 3.05) is 14.2 Å². The number of benzene rings is 2. The molecule has 0 aromatic heterocycles. The summed E-state index contributed by atoms with van der Waals surface area (Å²) in [6, 6.07) is 13.7. The van der Waals surface area contributed by atoms with E-state index >= 15 is 0 Å². The molecule has 3 nitrogen and oxygen atoms in total. The fourth-order valence-corrected chi connectivity index (χ4v) is 2.47. The zero-order chi connectivity index (χ0) is 13.8. The van der Waals surface area contributed by atoms with E-state index in [1.807, 2.05) is 36.4 Å². The number of nitrogens with two attached hydrogens (primary N) is 1. The molecular formula is C15H16INO2. The topological polar surface area (TPSA) is 44.5 Å². The molecule has 0 aliphatic carbocycles. The van der Waals surface area contributed by atoms with E-state index in [2.05, 4.69) is 28.7 Å². The summed E-state index contributed by atoms with van der Waals surface area (Å²) in [5.74, 6) is 1.49. The molecule has 0 amide bonds. The summed E-state index contributed by atoms with van der Waals surface area (Å²) in [6.45, 7) is 0. The second-order valence-electron chi connectivity index (χ2n) is 4.18. The van der Waals surface area contributed by atoms with Gasteiger partial charge in [0.25, 0.3) is 0 Å². The Morgan fingerprint density at radius 2 is 1.58 bits per heavy atom. The minimum atomic E-state index is -0.196. The van der Waals surface area contributed by atoms with Gasteiger partial charge < -0.3 is 15.2 Å². The summed E-state index contributed by atoms with van der Waals surface area (Å²) >= 11 is 2.28. The van der Waals surface area contributed by atoms with Crippen LogP contribution in [-0.4, -0.2) is 14.2 Å². The summed E-state index contributed by atoms with van der Waals surface area (Å²) in [6.07, 6.45) is 0. The molecule has 2 aromatic rings. The Morgan fingerprint density at radius 3 is 2.11 bits per heavy atom. The summed E-state index contributed by atoms with van der Waals surface area (Å²) in [4.78, 5) is 0. The van der Waals surface area contributed by atoms with Gasteiger partial charge in [-0.3, -0.25) is 0 Å². The highest BCUT2D eigenvalue weighted by Crippen LogP contribution is 2.29. The van der Waals surface area contributed by atoms with Crippen molar-refractivity contribution in [2.24, 2.45) is 5.73 Å². The van der Waals surface area contributed by atoms with Gasteiger partial charge >= 0.3 is 0 Å². The summed E-state index contributed by atoms with van der Waals surface area (Å²) in [5, 5.41) is 0. The molecular weight excluding hydrogens is 353 g/mol. The van der Waals surface area contributed by atoms with Crippen molar-refractivity contribution in [3.05, 3.63) is 57.2 Å². The van der Waals surface area contributed by atoms with E-state index < -0.39 is 0 Å². The van der Waals surface area contributed by atoms with Gasteiger partial charge in [0.1, 0.15) is 11.5 Å². The maximum Gasteiger partial charge on any atom is 0.122 e. The van der Waals surface area contributed by atoms with Crippen molar-refractivity contribution in [3.63, 3.8) is 0 Å². The van der Waals surface area contributed by atoms with Gasteiger partial charge in [-0.05, 0) is 58.0 Å². The van der Waals surface area contributed by atoms with Crippen LogP contribution in [0.3, 0.4) is 0 Å². The second-order valence-corrected chi connectivity index (χ2v) is 5.42. The van der Waals surface area contributed by atoms with Crippen LogP contribution in [0.25, 0.3) is 0 Å². The van der Waals surface area contributed by atoms with Crippen LogP contribution in [0.15, 0.2) is 42.5 Å². The van der Waals surface area contributed by atoms with Crippen LogP contribution in [0.1, 0.15) is 17.2 Å². The predicted octanol–water partition coefficient (Wildman–Crippen LogP) is 3.36. The van der Waals surface area contributed by atoms with Crippen molar-refractivity contribution >= 4 is 22.6 Å². The van der Waals surface area contributed by atoms with Gasteiger partial charge in [0.15, 0.2) is 0 Å². The number of methoxy groups -OCH3 is 2. The van der Waals surface area contributed by atoms with E-state index in [-0.39, 0.29) is 6.04 Å². The Bertz CT molecular complexity index is 550. The summed E-state index contributed by atoms with van der Waals surface area (Å²) < 4.78 is 11.7. The van der Waals surface area contributed by atoms with Crippen molar-refractivity contribution in [2.45, 2.75) is 6.04 Å². The van der Waals surface area contributed by atoms with Crippen molar-refractivity contribution in [1.29, 1.82) is 0 Å². The van der Waals surface area contributed by atoms with Crippen molar-refractivity contribution < 1.29 is 9.47 Å². The van der Waals surface area contributed by atoms with Crippen LogP contribution in [0.4, 0.5) is 0 Å². The third-order valence-electron chi connectivity index (χ3n) is 2.94. The lowest BCUT2D eigenvalue weighted by atomic mass is 9.99. The zero-order valence-electron chi connectivity index (χ0n) is 10.9. The fraction of sp³-hybridized carbons (Fsp3) is 0.200. The van der Waals surface area contributed by atoms with Crippen LogP contribution in [0, 0.1) is 3.57 Å². The smallest absolute Gasteiger partial charge is 0.122 e. The van der Waals surface area contributed by atoms with E-state index in [0.29, 0.717) is 0 Å². The number of hydrogen-bond donors (Lipinski definition) is 1. The molecule has 0 aliphatic rings. The van der Waals surface area contributed by atoms with Gasteiger partial charge in [-0.2, -0.15) is 0 Å². The standard InChI is InChI=1S/C15H16INO2/c1-18-13-7-11(8-14(9-13)19-2)15(17)10-4-3-5-12(16)6-10/h3-9,15H,17H2,1-2H3. The minimum Gasteiger partial charge on any atom is -0.497 e. The molecule has 2 rings (SSSR count). The lowest BCUT2D eigenvalue weighted by Gasteiger charge is -2.15. The highest BCUT2D eigenvalue weighted by molar-refractivity contribution is 14.1. The monoisotopic (exact) mass is 369 g/mol. The van der Waals surface area contributed by atoms with Crippen LogP contribution in [0.5, 0.6) is 11.5 Å². The average Bonchev–Trinajstić information content (AvgIpc) is 2.45. The molecule has 0 fully saturated rings. The normalized spacial score (nSPS) is 12.0. The van der Waals surface area contributed by atoms with Gasteiger partial charge in [0.2, 0.25) is 0 Å². The molecule has 0 radical (unpaired) electrons. The molecule has 0 saturated heterocycles. The molecule has 0 saturated carbocycles. The maximum absolute atomic E-state index is 6.32. The quantitative estimate of drug-likeness (QED) is 0.841. The second kappa shape index (κ2) is 6.25. The third kappa shape index (κ3) is 3.39. The van der Waals surface area contributed by atoms with Gasteiger partial charge in [-0.25, -0.2) is 0 Å². The Balaban J connectivity index is 2.40. The first-order chi connectivity index (χ1) is 9.13. The van der Waals surface area contributed by atoms with E-state index in [9.17, 15) is 0 Å². The first kappa shape index (κ1) is 14.1. The van der Waals surface area contributed by atoms with Crippen LogP contribution < -0.4 is 15.2 Å². The first-order valence-corrected chi connectivity index (χ1v) is 6.96. The lowest BCUT2D eigenvalue weighted by molar-refractivity contribution is 0.393. The Kier molecular flexibility index (Phi) is 4.66. The number of hydrogen-bond acceptors (Lipinski definition) is 3. The number of ether oxygens (including phenoxy) is 2. The predicted molar refractivity (Wildman–Crippen MR) is 84.7 cm³/mol. The Labute approximate surface area is 126 Å². The molecule has 2 N–H and O–H groups in total. The number of rotatable bonds is 4. The van der Waals surface area contributed by atoms with Crippen molar-refractivity contribution in [1.82, 2.24) is 0 Å². The van der Waals surface area contributed by atoms with Gasteiger partial charge in [0, 0.05) is 9.64 Å². The SMILES string of the molecule is COc1cc(OC)cc(C(N)c2cccc(I)c2)c1. The molecule has 19 heavy (non-hydrogen) atoms. The van der Waals surface area contributed by atoms with Gasteiger partial charge in [-0.15, -0.1) is 0 Å². The van der Waals surface area contributed by atoms with Crippen LogP contribution in [0.2, 0.25) is 0 Å². The van der Waals surface area contributed by atoms with Crippen molar-refractivity contribution in [3.8, 4) is 11.5 Å². The highest BCUT2D eigenvalue weighted by atomic mass is 127. The molecule has 0 spiro atoms. The molecule has 2 aromatic carbocycles. The minimum absolute atomic E-state index is 0.196. The zero-order valence-corrected chi connectivity index (χ0v) is 13.0. The molecule has 0 bridgehead atoms. The van der Waals surface area contributed by atoms with E-state index in [0.717, 1.165) is 22.6 Å². The number of halogens is 1. The molecule has 1 unspecified atom stereocenters. The summed E-state index contributed by atoms with van der Waals surface area (Å²) in [7, 11) is 3.27. The molecule has 100 valence electrons.